The highest BCUT2D eigenvalue weighted by molar-refractivity contribution is 5.32. The molecule has 0 saturated heterocycles. The van der Waals surface area contributed by atoms with Gasteiger partial charge in [-0.3, -0.25) is 0 Å². The molecule has 1 aromatic rings. The van der Waals surface area contributed by atoms with Gasteiger partial charge in [0, 0.05) is 12.6 Å². The normalized spacial score (nSPS) is 12.2. The molecule has 0 fully saturated rings. The molecule has 4 nitrogen and oxygen atoms in total. The second kappa shape index (κ2) is 9.64. The number of aliphatic hydroxyl groups excluding tert-OH is 1. The van der Waals surface area contributed by atoms with Gasteiger partial charge in [0.25, 0.3) is 0 Å². The first-order chi connectivity index (χ1) is 9.26. The van der Waals surface area contributed by atoms with Crippen molar-refractivity contribution in [3.05, 3.63) is 24.3 Å². The van der Waals surface area contributed by atoms with Gasteiger partial charge in [-0.15, -0.1) is 0 Å². The molecular weight excluding hydrogens is 242 g/mol. The maximum atomic E-state index is 9.77. The van der Waals surface area contributed by atoms with Crippen molar-refractivity contribution >= 4 is 0 Å². The monoisotopic (exact) mass is 267 g/mol. The second-order valence-electron chi connectivity index (χ2n) is 4.56. The van der Waals surface area contributed by atoms with Crippen molar-refractivity contribution in [2.45, 2.75) is 32.3 Å². The van der Waals surface area contributed by atoms with E-state index in [1.165, 1.54) is 12.8 Å². The first-order valence-electron chi connectivity index (χ1n) is 6.92. The molecule has 19 heavy (non-hydrogen) atoms. The van der Waals surface area contributed by atoms with Gasteiger partial charge in [0.1, 0.15) is 24.2 Å². The van der Waals surface area contributed by atoms with Crippen LogP contribution in [0.5, 0.6) is 11.5 Å². The van der Waals surface area contributed by atoms with Crippen LogP contribution in [-0.2, 0) is 0 Å². The van der Waals surface area contributed by atoms with Crippen LogP contribution in [0.2, 0.25) is 0 Å². The highest BCUT2D eigenvalue weighted by atomic mass is 16.5. The molecule has 1 rings (SSSR count). The Morgan fingerprint density at radius 2 is 2.05 bits per heavy atom. The number of nitrogens with one attached hydrogen (secondary N) is 1. The van der Waals surface area contributed by atoms with Crippen LogP contribution in [0.25, 0.3) is 0 Å². The minimum Gasteiger partial charge on any atom is -0.497 e. The highest BCUT2D eigenvalue weighted by Crippen LogP contribution is 2.18. The number of methoxy groups -OCH3 is 1. The summed E-state index contributed by atoms with van der Waals surface area (Å²) in [6.07, 6.45) is 3.10. The zero-order valence-corrected chi connectivity index (χ0v) is 11.9. The lowest BCUT2D eigenvalue weighted by Gasteiger charge is -2.13. The third-order valence-corrected chi connectivity index (χ3v) is 2.82. The van der Waals surface area contributed by atoms with E-state index in [0.29, 0.717) is 12.3 Å². The Balaban J connectivity index is 2.16. The smallest absolute Gasteiger partial charge is 0.123 e. The van der Waals surface area contributed by atoms with Crippen molar-refractivity contribution in [1.29, 1.82) is 0 Å². The van der Waals surface area contributed by atoms with E-state index in [1.54, 1.807) is 13.2 Å². The summed E-state index contributed by atoms with van der Waals surface area (Å²) in [5, 5.41) is 13.0. The van der Waals surface area contributed by atoms with Crippen LogP contribution in [0.4, 0.5) is 0 Å². The average Bonchev–Trinajstić information content (AvgIpc) is 2.45. The van der Waals surface area contributed by atoms with Crippen molar-refractivity contribution in [3.8, 4) is 11.5 Å². The van der Waals surface area contributed by atoms with Crippen molar-refractivity contribution in [3.63, 3.8) is 0 Å². The molecule has 0 saturated carbocycles. The molecule has 0 amide bonds. The Bertz CT molecular complexity index is 344. The Labute approximate surface area is 115 Å². The quantitative estimate of drug-likeness (QED) is 0.638. The lowest BCUT2D eigenvalue weighted by molar-refractivity contribution is 0.106. The SMILES string of the molecule is CCCCCNCC(O)COc1cccc(OC)c1. The fourth-order valence-electron chi connectivity index (χ4n) is 1.71. The van der Waals surface area contributed by atoms with E-state index in [0.717, 1.165) is 18.7 Å². The number of hydrogen-bond donors (Lipinski definition) is 2. The fraction of sp³-hybridized carbons (Fsp3) is 0.600. The van der Waals surface area contributed by atoms with Crippen LogP contribution >= 0.6 is 0 Å². The molecule has 108 valence electrons. The van der Waals surface area contributed by atoms with Crippen LogP contribution in [-0.4, -0.2) is 38.0 Å². The van der Waals surface area contributed by atoms with Crippen LogP contribution in [0.15, 0.2) is 24.3 Å². The third-order valence-electron chi connectivity index (χ3n) is 2.82. The van der Waals surface area contributed by atoms with Gasteiger partial charge in [0.05, 0.1) is 7.11 Å². The molecule has 0 aromatic heterocycles. The van der Waals surface area contributed by atoms with Crippen molar-refractivity contribution in [1.82, 2.24) is 5.32 Å². The molecule has 2 N–H and O–H groups in total. The number of hydrogen-bond acceptors (Lipinski definition) is 4. The maximum absolute atomic E-state index is 9.77. The number of aliphatic hydroxyl groups is 1. The van der Waals surface area contributed by atoms with Crippen LogP contribution in [0, 0.1) is 0 Å². The molecule has 0 radical (unpaired) electrons. The van der Waals surface area contributed by atoms with Gasteiger partial charge < -0.3 is 19.9 Å². The van der Waals surface area contributed by atoms with E-state index in [2.05, 4.69) is 12.2 Å². The maximum Gasteiger partial charge on any atom is 0.123 e. The van der Waals surface area contributed by atoms with E-state index in [1.807, 2.05) is 18.2 Å². The van der Waals surface area contributed by atoms with E-state index in [9.17, 15) is 5.11 Å². The molecule has 1 aromatic carbocycles. The summed E-state index contributed by atoms with van der Waals surface area (Å²) in [5.74, 6) is 1.47. The summed E-state index contributed by atoms with van der Waals surface area (Å²) in [6, 6.07) is 7.38. The molecule has 0 aliphatic heterocycles. The zero-order valence-electron chi connectivity index (χ0n) is 11.9. The lowest BCUT2D eigenvalue weighted by atomic mass is 10.2. The van der Waals surface area contributed by atoms with E-state index in [-0.39, 0.29) is 6.61 Å². The van der Waals surface area contributed by atoms with Crippen molar-refractivity contribution < 1.29 is 14.6 Å². The minimum absolute atomic E-state index is 0.286. The molecule has 0 aliphatic rings. The van der Waals surface area contributed by atoms with Gasteiger partial charge in [0.2, 0.25) is 0 Å². The Morgan fingerprint density at radius 3 is 2.79 bits per heavy atom. The van der Waals surface area contributed by atoms with Gasteiger partial charge in [0.15, 0.2) is 0 Å². The molecule has 1 unspecified atom stereocenters. The summed E-state index contributed by atoms with van der Waals surface area (Å²) in [4.78, 5) is 0. The third kappa shape index (κ3) is 7.03. The molecule has 0 spiro atoms. The first kappa shape index (κ1) is 15.8. The standard InChI is InChI=1S/C15H25NO3/c1-3-4-5-9-16-11-13(17)12-19-15-8-6-7-14(10-15)18-2/h6-8,10,13,16-17H,3-5,9,11-12H2,1-2H3. The van der Waals surface area contributed by atoms with E-state index < -0.39 is 6.10 Å². The van der Waals surface area contributed by atoms with Gasteiger partial charge in [-0.05, 0) is 25.1 Å². The summed E-state index contributed by atoms with van der Waals surface area (Å²) in [6.45, 7) is 3.97. The second-order valence-corrected chi connectivity index (χ2v) is 4.56. The molecule has 0 aliphatic carbocycles. The molecule has 1 atom stereocenters. The molecule has 0 heterocycles. The average molecular weight is 267 g/mol. The summed E-state index contributed by atoms with van der Waals surface area (Å²) >= 11 is 0. The molecule has 4 heteroatoms. The van der Waals surface area contributed by atoms with Crippen molar-refractivity contribution in [2.75, 3.05) is 26.8 Å². The summed E-state index contributed by atoms with van der Waals surface area (Å²) in [5.41, 5.74) is 0. The van der Waals surface area contributed by atoms with Gasteiger partial charge in [-0.25, -0.2) is 0 Å². The lowest BCUT2D eigenvalue weighted by Crippen LogP contribution is -2.32. The topological polar surface area (TPSA) is 50.7 Å². The fourth-order valence-corrected chi connectivity index (χ4v) is 1.71. The largest absolute Gasteiger partial charge is 0.497 e. The predicted molar refractivity (Wildman–Crippen MR) is 76.9 cm³/mol. The van der Waals surface area contributed by atoms with Gasteiger partial charge in [-0.2, -0.15) is 0 Å². The number of rotatable bonds is 10. The minimum atomic E-state index is -0.493. The number of benzene rings is 1. The Hall–Kier alpha value is -1.26. The van der Waals surface area contributed by atoms with Crippen LogP contribution in [0.3, 0.4) is 0 Å². The molecular formula is C15H25NO3. The van der Waals surface area contributed by atoms with E-state index in [4.69, 9.17) is 9.47 Å². The number of unbranched alkanes of at least 4 members (excludes halogenated alkanes) is 2. The predicted octanol–water partition coefficient (Wildman–Crippen LogP) is 2.21. The summed E-state index contributed by atoms with van der Waals surface area (Å²) < 4.78 is 10.6. The van der Waals surface area contributed by atoms with E-state index >= 15 is 0 Å². The van der Waals surface area contributed by atoms with Crippen LogP contribution < -0.4 is 14.8 Å². The van der Waals surface area contributed by atoms with Crippen molar-refractivity contribution in [2.24, 2.45) is 0 Å². The highest BCUT2D eigenvalue weighted by Gasteiger charge is 2.05. The van der Waals surface area contributed by atoms with Gasteiger partial charge >= 0.3 is 0 Å². The Morgan fingerprint density at radius 1 is 1.26 bits per heavy atom. The van der Waals surface area contributed by atoms with Gasteiger partial charge in [-0.1, -0.05) is 25.8 Å². The van der Waals surface area contributed by atoms with Crippen LogP contribution in [0.1, 0.15) is 26.2 Å². The summed E-state index contributed by atoms with van der Waals surface area (Å²) in [7, 11) is 1.62. The first-order valence-corrected chi connectivity index (χ1v) is 6.92. The number of ether oxygens (including phenoxy) is 2. The Kier molecular flexibility index (Phi) is 8.02. The zero-order chi connectivity index (χ0) is 13.9. The molecule has 0 bridgehead atoms.